The molecule has 0 aliphatic carbocycles. The Morgan fingerprint density at radius 2 is 2.10 bits per heavy atom. The molecule has 3 aromatic rings. The van der Waals surface area contributed by atoms with Gasteiger partial charge in [0.25, 0.3) is 0 Å². The van der Waals surface area contributed by atoms with Crippen LogP contribution in [-0.2, 0) is 30.6 Å². The van der Waals surface area contributed by atoms with Gasteiger partial charge in [-0.15, -0.1) is 11.3 Å². The molecule has 0 aliphatic rings. The van der Waals surface area contributed by atoms with Gasteiger partial charge in [-0.1, -0.05) is 49.2 Å². The second-order valence-electron chi connectivity index (χ2n) is 7.33. The summed E-state index contributed by atoms with van der Waals surface area (Å²) in [5.74, 6) is 0.233. The molecule has 1 atom stereocenters. The van der Waals surface area contributed by atoms with Crippen LogP contribution in [0.4, 0.5) is 0 Å². The van der Waals surface area contributed by atoms with Crippen LogP contribution in [0.5, 0.6) is 0 Å². The molecule has 1 aromatic carbocycles. The van der Waals surface area contributed by atoms with Crippen molar-refractivity contribution in [3.05, 3.63) is 75.0 Å². The summed E-state index contributed by atoms with van der Waals surface area (Å²) in [6.07, 6.45) is 6.23. The van der Waals surface area contributed by atoms with Gasteiger partial charge >= 0.3 is 5.97 Å². The number of carboxylic acid groups (broad SMARTS) is 1. The van der Waals surface area contributed by atoms with Crippen LogP contribution in [0.15, 0.2) is 48.0 Å². The molecule has 0 radical (unpaired) electrons. The number of aliphatic carboxylic acids is 1. The lowest BCUT2D eigenvalue weighted by Gasteiger charge is -2.16. The summed E-state index contributed by atoms with van der Waals surface area (Å²) in [6, 6.07) is 11.2. The zero-order chi connectivity index (χ0) is 21.3. The van der Waals surface area contributed by atoms with E-state index < -0.39 is 12.0 Å². The van der Waals surface area contributed by atoms with Crippen LogP contribution in [0.2, 0.25) is 5.02 Å². The molecule has 0 aliphatic heterocycles. The summed E-state index contributed by atoms with van der Waals surface area (Å²) in [7, 11) is 0. The topological polar surface area (TPSA) is 67.2 Å². The van der Waals surface area contributed by atoms with E-state index in [0.717, 1.165) is 46.2 Å². The Kier molecular flexibility index (Phi) is 8.49. The third-order valence-corrected chi connectivity index (χ3v) is 6.38. The van der Waals surface area contributed by atoms with Gasteiger partial charge in [0.05, 0.1) is 6.54 Å². The first kappa shape index (κ1) is 22.5. The van der Waals surface area contributed by atoms with Crippen LogP contribution in [0.1, 0.15) is 41.7 Å². The zero-order valence-electron chi connectivity index (χ0n) is 17.2. The molecule has 0 amide bonds. The van der Waals surface area contributed by atoms with E-state index in [4.69, 9.17) is 11.6 Å². The average Bonchev–Trinajstić information content (AvgIpc) is 3.37. The quantitative estimate of drug-likeness (QED) is 0.419. The van der Waals surface area contributed by atoms with Crippen LogP contribution in [0, 0.1) is 0 Å². The summed E-state index contributed by atoms with van der Waals surface area (Å²) in [6.45, 7) is 3.42. The molecule has 0 saturated carbocycles. The van der Waals surface area contributed by atoms with Gasteiger partial charge in [-0.3, -0.25) is 4.79 Å². The number of carbonyl (C=O) groups is 1. The van der Waals surface area contributed by atoms with Crippen molar-refractivity contribution >= 4 is 28.9 Å². The van der Waals surface area contributed by atoms with Crippen LogP contribution >= 0.6 is 22.9 Å². The largest absolute Gasteiger partial charge is 0.480 e. The van der Waals surface area contributed by atoms with Crippen molar-refractivity contribution in [3.8, 4) is 0 Å². The number of carboxylic acids is 1. The van der Waals surface area contributed by atoms with E-state index in [1.54, 1.807) is 11.3 Å². The Morgan fingerprint density at radius 1 is 1.27 bits per heavy atom. The van der Waals surface area contributed by atoms with E-state index in [1.165, 1.54) is 0 Å². The first-order valence-electron chi connectivity index (χ1n) is 10.3. The molecule has 0 saturated heterocycles. The van der Waals surface area contributed by atoms with Crippen LogP contribution < -0.4 is 5.32 Å². The molecule has 7 heteroatoms. The Morgan fingerprint density at radius 3 is 2.80 bits per heavy atom. The van der Waals surface area contributed by atoms with E-state index in [1.807, 2.05) is 48.0 Å². The van der Waals surface area contributed by atoms with Gasteiger partial charge in [0.2, 0.25) is 0 Å². The van der Waals surface area contributed by atoms with Gasteiger partial charge < -0.3 is 15.0 Å². The molecule has 0 bridgehead atoms. The Hall–Kier alpha value is -2.15. The standard InChI is InChI=1S/C23H28ClN3O2S/c1-2-3-10-22-26-15-18(27(22)16-17-7-4-5-9-20(17)24)11-12-25-21(23(28)29)14-19-8-6-13-30-19/h4-9,13,15,21,25H,2-3,10-12,14,16H2,1H3,(H,28,29). The van der Waals surface area contributed by atoms with E-state index in [9.17, 15) is 9.90 Å². The van der Waals surface area contributed by atoms with E-state index in [0.29, 0.717) is 25.9 Å². The number of aryl methyl sites for hydroxylation is 1. The Balaban J connectivity index is 1.69. The van der Waals surface area contributed by atoms with Gasteiger partial charge in [-0.25, -0.2) is 4.98 Å². The number of benzene rings is 1. The molecule has 0 fully saturated rings. The fourth-order valence-electron chi connectivity index (χ4n) is 3.43. The van der Waals surface area contributed by atoms with Crippen molar-refractivity contribution in [2.24, 2.45) is 0 Å². The normalized spacial score (nSPS) is 12.2. The number of nitrogens with one attached hydrogen (secondary N) is 1. The highest BCUT2D eigenvalue weighted by Crippen LogP contribution is 2.19. The molecule has 30 heavy (non-hydrogen) atoms. The number of nitrogens with zero attached hydrogens (tertiary/aromatic N) is 2. The molecule has 2 heterocycles. The molecule has 0 spiro atoms. The highest BCUT2D eigenvalue weighted by molar-refractivity contribution is 7.09. The van der Waals surface area contributed by atoms with E-state index >= 15 is 0 Å². The van der Waals surface area contributed by atoms with Crippen molar-refractivity contribution in [1.82, 2.24) is 14.9 Å². The minimum atomic E-state index is -0.823. The van der Waals surface area contributed by atoms with Crippen molar-refractivity contribution in [1.29, 1.82) is 0 Å². The summed E-state index contributed by atoms with van der Waals surface area (Å²) in [5.41, 5.74) is 2.15. The molecule has 2 aromatic heterocycles. The molecule has 2 N–H and O–H groups in total. The van der Waals surface area contributed by atoms with Crippen LogP contribution in [0.25, 0.3) is 0 Å². The van der Waals surface area contributed by atoms with Crippen molar-refractivity contribution < 1.29 is 9.90 Å². The zero-order valence-corrected chi connectivity index (χ0v) is 18.8. The molecular weight excluding hydrogens is 418 g/mol. The van der Waals surface area contributed by atoms with Gasteiger partial charge in [-0.05, 0) is 29.5 Å². The second-order valence-corrected chi connectivity index (χ2v) is 8.76. The minimum Gasteiger partial charge on any atom is -0.480 e. The van der Waals surface area contributed by atoms with Gasteiger partial charge in [0.15, 0.2) is 0 Å². The fraction of sp³-hybridized carbons (Fsp3) is 0.391. The van der Waals surface area contributed by atoms with Crippen molar-refractivity contribution in [2.75, 3.05) is 6.54 Å². The molecule has 1 unspecified atom stereocenters. The predicted octanol–water partition coefficient (Wildman–Crippen LogP) is 4.82. The molecular formula is C23H28ClN3O2S. The third kappa shape index (κ3) is 6.17. The summed E-state index contributed by atoms with van der Waals surface area (Å²) in [4.78, 5) is 17.4. The maximum Gasteiger partial charge on any atom is 0.321 e. The number of hydrogen-bond donors (Lipinski definition) is 2. The Labute approximate surface area is 186 Å². The lowest BCUT2D eigenvalue weighted by molar-refractivity contribution is -0.139. The number of aromatic nitrogens is 2. The number of hydrogen-bond acceptors (Lipinski definition) is 4. The second kappa shape index (κ2) is 11.3. The number of halogens is 1. The van der Waals surface area contributed by atoms with E-state index in [-0.39, 0.29) is 0 Å². The van der Waals surface area contributed by atoms with Gasteiger partial charge in [0, 0.05) is 47.6 Å². The first-order chi connectivity index (χ1) is 14.6. The maximum atomic E-state index is 11.6. The maximum absolute atomic E-state index is 11.6. The summed E-state index contributed by atoms with van der Waals surface area (Å²) >= 11 is 7.97. The Bertz CT molecular complexity index is 940. The number of thiophene rings is 1. The molecule has 160 valence electrons. The monoisotopic (exact) mass is 445 g/mol. The number of imidazole rings is 1. The lowest BCUT2D eigenvalue weighted by Crippen LogP contribution is -2.39. The van der Waals surface area contributed by atoms with Crippen LogP contribution in [0.3, 0.4) is 0 Å². The van der Waals surface area contributed by atoms with E-state index in [2.05, 4.69) is 21.8 Å². The average molecular weight is 446 g/mol. The van der Waals surface area contributed by atoms with Gasteiger partial charge in [0.1, 0.15) is 11.9 Å². The molecule has 3 rings (SSSR count). The minimum absolute atomic E-state index is 0.494. The fourth-order valence-corrected chi connectivity index (χ4v) is 4.38. The van der Waals surface area contributed by atoms with Gasteiger partial charge in [-0.2, -0.15) is 0 Å². The summed E-state index contributed by atoms with van der Waals surface area (Å²) < 4.78 is 2.23. The number of rotatable bonds is 12. The first-order valence-corrected chi connectivity index (χ1v) is 11.6. The SMILES string of the molecule is CCCCc1ncc(CCNC(Cc2cccs2)C(=O)O)n1Cc1ccccc1Cl. The highest BCUT2D eigenvalue weighted by atomic mass is 35.5. The van der Waals surface area contributed by atoms with Crippen molar-refractivity contribution in [3.63, 3.8) is 0 Å². The number of unbranched alkanes of at least 4 members (excludes halogenated alkanes) is 1. The smallest absolute Gasteiger partial charge is 0.321 e. The predicted molar refractivity (Wildman–Crippen MR) is 123 cm³/mol. The molecule has 5 nitrogen and oxygen atoms in total. The third-order valence-electron chi connectivity index (χ3n) is 5.12. The van der Waals surface area contributed by atoms with Crippen molar-refractivity contribution in [2.45, 2.75) is 51.6 Å². The lowest BCUT2D eigenvalue weighted by atomic mass is 10.1. The van der Waals surface area contributed by atoms with Crippen LogP contribution in [-0.4, -0.2) is 33.2 Å². The summed E-state index contributed by atoms with van der Waals surface area (Å²) in [5, 5.41) is 15.5. The highest BCUT2D eigenvalue weighted by Gasteiger charge is 2.18.